The van der Waals surface area contributed by atoms with Crippen LogP contribution in [0.15, 0.2) is 47.2 Å². The quantitative estimate of drug-likeness (QED) is 0.411. The number of benzene rings is 2. The van der Waals surface area contributed by atoms with Gasteiger partial charge in [-0.25, -0.2) is 9.97 Å². The second kappa shape index (κ2) is 9.39. The monoisotopic (exact) mass is 457 g/mol. The van der Waals surface area contributed by atoms with Crippen molar-refractivity contribution in [3.05, 3.63) is 47.2 Å². The van der Waals surface area contributed by atoms with Gasteiger partial charge in [-0.15, -0.1) is 0 Å². The number of hydrogen-bond donors (Lipinski definition) is 2. The maximum atomic E-state index is 6.26. The molecule has 1 aromatic heterocycles. The van der Waals surface area contributed by atoms with E-state index in [0.717, 1.165) is 60.3 Å². The molecule has 0 atom stereocenters. The molecule has 0 unspecified atom stereocenters. The second-order valence-corrected chi connectivity index (χ2v) is 7.84. The molecule has 2 aromatic carbocycles. The van der Waals surface area contributed by atoms with Crippen molar-refractivity contribution >= 4 is 44.0 Å². The lowest BCUT2D eigenvalue weighted by Gasteiger charge is -2.26. The minimum Gasteiger partial charge on any atom is -0.491 e. The summed E-state index contributed by atoms with van der Waals surface area (Å²) in [5, 5.41) is 4.18. The van der Waals surface area contributed by atoms with E-state index in [2.05, 4.69) is 36.1 Å². The Morgan fingerprint density at radius 2 is 2.03 bits per heavy atom. The Morgan fingerprint density at radius 3 is 2.86 bits per heavy atom. The van der Waals surface area contributed by atoms with Crippen LogP contribution in [0.3, 0.4) is 0 Å². The molecular weight excluding hydrogens is 434 g/mol. The number of fused-ring (bicyclic) bond motifs is 1. The molecule has 8 heteroatoms. The summed E-state index contributed by atoms with van der Waals surface area (Å²) >= 11 is 3.48. The van der Waals surface area contributed by atoms with E-state index >= 15 is 0 Å². The van der Waals surface area contributed by atoms with Gasteiger partial charge in [0.1, 0.15) is 17.9 Å². The first kappa shape index (κ1) is 19.9. The van der Waals surface area contributed by atoms with Crippen LogP contribution >= 0.6 is 15.9 Å². The van der Waals surface area contributed by atoms with Crippen LogP contribution in [0, 0.1) is 0 Å². The maximum absolute atomic E-state index is 6.26. The first-order valence-electron chi connectivity index (χ1n) is 9.69. The summed E-state index contributed by atoms with van der Waals surface area (Å²) in [6.07, 6.45) is 2.48. The Kier molecular flexibility index (Phi) is 6.43. The van der Waals surface area contributed by atoms with Crippen LogP contribution in [0.1, 0.15) is 6.42 Å². The van der Waals surface area contributed by atoms with Gasteiger partial charge in [-0.05, 0) is 30.7 Å². The average Bonchev–Trinajstić information content (AvgIpc) is 2.73. The van der Waals surface area contributed by atoms with E-state index < -0.39 is 0 Å². The molecule has 0 bridgehead atoms. The topological polar surface area (TPSA) is 85.5 Å². The van der Waals surface area contributed by atoms with Crippen molar-refractivity contribution in [3.8, 4) is 5.75 Å². The van der Waals surface area contributed by atoms with Gasteiger partial charge in [0.2, 0.25) is 0 Å². The fraction of sp³-hybridized carbons (Fsp3) is 0.333. The molecule has 0 spiro atoms. The van der Waals surface area contributed by atoms with Gasteiger partial charge >= 0.3 is 0 Å². The number of nitrogen functional groups attached to an aromatic ring is 1. The minimum atomic E-state index is 0.580. The Balaban J connectivity index is 1.44. The zero-order valence-electron chi connectivity index (χ0n) is 16.1. The lowest BCUT2D eigenvalue weighted by atomic mass is 10.2. The molecular formula is C21H24BrN5O2. The Labute approximate surface area is 178 Å². The van der Waals surface area contributed by atoms with E-state index in [0.29, 0.717) is 23.9 Å². The smallest absolute Gasteiger partial charge is 0.144 e. The molecule has 3 N–H and O–H groups in total. The van der Waals surface area contributed by atoms with Crippen LogP contribution in [0.5, 0.6) is 5.75 Å². The molecule has 2 heterocycles. The zero-order chi connectivity index (χ0) is 20.1. The number of aromatic nitrogens is 2. The van der Waals surface area contributed by atoms with E-state index in [1.165, 1.54) is 0 Å². The van der Waals surface area contributed by atoms with Crippen LogP contribution in [0.25, 0.3) is 10.9 Å². The van der Waals surface area contributed by atoms with Gasteiger partial charge in [0.05, 0.1) is 31.0 Å². The lowest BCUT2D eigenvalue weighted by molar-refractivity contribution is 0.0358. The van der Waals surface area contributed by atoms with Crippen molar-refractivity contribution < 1.29 is 9.47 Å². The summed E-state index contributed by atoms with van der Waals surface area (Å²) < 4.78 is 12.3. The number of hydrogen-bond acceptors (Lipinski definition) is 7. The molecule has 4 rings (SSSR count). The van der Waals surface area contributed by atoms with Crippen LogP contribution < -0.4 is 15.8 Å². The third kappa shape index (κ3) is 5.14. The van der Waals surface area contributed by atoms with Gasteiger partial charge in [0, 0.05) is 41.2 Å². The van der Waals surface area contributed by atoms with Crippen LogP contribution in [-0.2, 0) is 4.74 Å². The molecule has 152 valence electrons. The Morgan fingerprint density at radius 1 is 1.17 bits per heavy atom. The predicted octanol–water partition coefficient (Wildman–Crippen LogP) is 3.82. The number of nitrogens with two attached hydrogens (primary N) is 1. The normalized spacial score (nSPS) is 14.8. The molecule has 3 aromatic rings. The predicted molar refractivity (Wildman–Crippen MR) is 119 cm³/mol. The molecule has 1 fully saturated rings. The molecule has 0 radical (unpaired) electrons. The molecule has 0 amide bonds. The summed E-state index contributed by atoms with van der Waals surface area (Å²) in [5.74, 6) is 1.37. The number of nitrogens with one attached hydrogen (secondary N) is 1. The Hall–Kier alpha value is -2.42. The van der Waals surface area contributed by atoms with Gasteiger partial charge < -0.3 is 20.5 Å². The summed E-state index contributed by atoms with van der Waals surface area (Å²) in [4.78, 5) is 11.2. The number of anilines is 3. The van der Waals surface area contributed by atoms with Crippen molar-refractivity contribution in [1.29, 1.82) is 0 Å². The first-order chi connectivity index (χ1) is 14.2. The maximum Gasteiger partial charge on any atom is 0.144 e. The Bertz CT molecular complexity index is 978. The molecule has 0 saturated carbocycles. The van der Waals surface area contributed by atoms with Crippen molar-refractivity contribution in [2.45, 2.75) is 6.42 Å². The van der Waals surface area contributed by atoms with Gasteiger partial charge in [-0.3, -0.25) is 4.90 Å². The number of morpholine rings is 1. The highest BCUT2D eigenvalue weighted by Crippen LogP contribution is 2.31. The zero-order valence-corrected chi connectivity index (χ0v) is 17.7. The molecule has 1 aliphatic heterocycles. The van der Waals surface area contributed by atoms with Crippen LogP contribution in [-0.4, -0.2) is 54.3 Å². The number of halogens is 1. The minimum absolute atomic E-state index is 0.580. The van der Waals surface area contributed by atoms with Crippen LogP contribution in [0.2, 0.25) is 0 Å². The number of ether oxygens (including phenoxy) is 2. The van der Waals surface area contributed by atoms with Gasteiger partial charge in [0.15, 0.2) is 0 Å². The van der Waals surface area contributed by atoms with Gasteiger partial charge in [-0.2, -0.15) is 0 Å². The summed E-state index contributed by atoms with van der Waals surface area (Å²) in [6.45, 7) is 5.22. The molecule has 7 nitrogen and oxygen atoms in total. The number of nitrogens with zero attached hydrogens (tertiary/aromatic N) is 3. The third-order valence-corrected chi connectivity index (χ3v) is 5.33. The first-order valence-corrected chi connectivity index (χ1v) is 10.5. The second-order valence-electron chi connectivity index (χ2n) is 6.92. The largest absolute Gasteiger partial charge is 0.491 e. The van der Waals surface area contributed by atoms with E-state index in [1.54, 1.807) is 6.33 Å². The lowest BCUT2D eigenvalue weighted by Crippen LogP contribution is -2.37. The standard InChI is InChI=1S/C21H24BrN5O2/c22-15-3-1-4-16(11-15)26-21-17-12-18(23)20(13-19(17)24-14-25-21)29-8-2-5-27-6-9-28-10-7-27/h1,3-4,11-14H,2,5-10,23H2,(H,24,25,26). The fourth-order valence-corrected chi connectivity index (χ4v) is 3.72. The van der Waals surface area contributed by atoms with Gasteiger partial charge in [-0.1, -0.05) is 22.0 Å². The van der Waals surface area contributed by atoms with Gasteiger partial charge in [0.25, 0.3) is 0 Å². The average molecular weight is 458 g/mol. The molecule has 0 aliphatic carbocycles. The van der Waals surface area contributed by atoms with Crippen molar-refractivity contribution in [2.24, 2.45) is 0 Å². The highest BCUT2D eigenvalue weighted by atomic mass is 79.9. The highest BCUT2D eigenvalue weighted by molar-refractivity contribution is 9.10. The van der Waals surface area contributed by atoms with E-state index in [9.17, 15) is 0 Å². The van der Waals surface area contributed by atoms with E-state index in [1.807, 2.05) is 36.4 Å². The SMILES string of the molecule is Nc1cc2c(Nc3cccc(Br)c3)ncnc2cc1OCCCN1CCOCC1. The van der Waals surface area contributed by atoms with E-state index in [-0.39, 0.29) is 0 Å². The molecule has 1 saturated heterocycles. The van der Waals surface area contributed by atoms with Crippen molar-refractivity contribution in [1.82, 2.24) is 14.9 Å². The summed E-state index contributed by atoms with van der Waals surface area (Å²) in [6, 6.07) is 11.7. The van der Waals surface area contributed by atoms with Crippen molar-refractivity contribution in [3.63, 3.8) is 0 Å². The molecule has 29 heavy (non-hydrogen) atoms. The summed E-state index contributed by atoms with van der Waals surface area (Å²) in [7, 11) is 0. The number of rotatable bonds is 7. The molecule has 1 aliphatic rings. The van der Waals surface area contributed by atoms with Crippen LogP contribution in [0.4, 0.5) is 17.2 Å². The third-order valence-electron chi connectivity index (χ3n) is 4.83. The van der Waals surface area contributed by atoms with Crippen molar-refractivity contribution in [2.75, 3.05) is 50.5 Å². The van der Waals surface area contributed by atoms with E-state index in [4.69, 9.17) is 15.2 Å². The fourth-order valence-electron chi connectivity index (χ4n) is 3.32. The summed E-state index contributed by atoms with van der Waals surface area (Å²) in [5.41, 5.74) is 8.55. The highest BCUT2D eigenvalue weighted by Gasteiger charge is 2.12.